The Morgan fingerprint density at radius 1 is 1.45 bits per heavy atom. The van der Waals surface area contributed by atoms with Crippen LogP contribution in [0.3, 0.4) is 0 Å². The molecule has 1 nitrogen and oxygen atoms in total. The maximum atomic E-state index is 5.86. The van der Waals surface area contributed by atoms with Crippen molar-refractivity contribution >= 4 is 11.6 Å². The largest absolute Gasteiger partial charge is 0.381 e. The molecular formula is C9H17ClO. The van der Waals surface area contributed by atoms with Gasteiger partial charge in [0.05, 0.1) is 6.61 Å². The first-order valence-electron chi connectivity index (χ1n) is 4.47. The molecule has 0 amide bonds. The van der Waals surface area contributed by atoms with Crippen molar-refractivity contribution < 1.29 is 4.74 Å². The zero-order chi connectivity index (χ0) is 8.16. The molecule has 1 aliphatic rings. The van der Waals surface area contributed by atoms with Crippen molar-refractivity contribution in [3.63, 3.8) is 0 Å². The van der Waals surface area contributed by atoms with Crippen molar-refractivity contribution in [2.75, 3.05) is 19.1 Å². The highest BCUT2D eigenvalue weighted by atomic mass is 35.5. The van der Waals surface area contributed by atoms with Crippen LogP contribution in [0.5, 0.6) is 0 Å². The van der Waals surface area contributed by atoms with E-state index in [9.17, 15) is 0 Å². The Morgan fingerprint density at radius 3 is 2.55 bits per heavy atom. The Labute approximate surface area is 74.1 Å². The van der Waals surface area contributed by atoms with Gasteiger partial charge in [-0.05, 0) is 19.3 Å². The van der Waals surface area contributed by atoms with Gasteiger partial charge in [0.25, 0.3) is 0 Å². The summed E-state index contributed by atoms with van der Waals surface area (Å²) in [6.07, 6.45) is 4.97. The number of alkyl halides is 1. The number of halogens is 1. The molecule has 0 spiro atoms. The fourth-order valence-electron chi connectivity index (χ4n) is 1.43. The number of rotatable bonds is 5. The molecule has 2 heteroatoms. The van der Waals surface area contributed by atoms with Crippen LogP contribution < -0.4 is 0 Å². The van der Waals surface area contributed by atoms with Gasteiger partial charge in [0.2, 0.25) is 0 Å². The third-order valence-electron chi connectivity index (χ3n) is 2.45. The number of hydrogen-bond donors (Lipinski definition) is 0. The first-order chi connectivity index (χ1) is 5.33. The van der Waals surface area contributed by atoms with Crippen molar-refractivity contribution in [1.29, 1.82) is 0 Å². The zero-order valence-electron chi connectivity index (χ0n) is 7.24. The molecule has 0 aromatic heterocycles. The van der Waals surface area contributed by atoms with Gasteiger partial charge < -0.3 is 4.74 Å². The summed E-state index contributed by atoms with van der Waals surface area (Å²) < 4.78 is 5.50. The topological polar surface area (TPSA) is 9.23 Å². The Hall–Kier alpha value is 0.250. The van der Waals surface area contributed by atoms with Crippen LogP contribution in [0.4, 0.5) is 0 Å². The third kappa shape index (κ3) is 2.34. The Balaban J connectivity index is 2.11. The van der Waals surface area contributed by atoms with Crippen LogP contribution in [0.1, 0.15) is 32.6 Å². The van der Waals surface area contributed by atoms with Crippen molar-refractivity contribution in [3.8, 4) is 0 Å². The predicted octanol–water partition coefficient (Wildman–Crippen LogP) is 2.82. The summed E-state index contributed by atoms with van der Waals surface area (Å²) >= 11 is 5.86. The highest BCUT2D eigenvalue weighted by Gasteiger charge is 2.36. The van der Waals surface area contributed by atoms with E-state index in [0.29, 0.717) is 5.41 Å². The first-order valence-corrected chi connectivity index (χ1v) is 5.00. The Morgan fingerprint density at radius 2 is 2.18 bits per heavy atom. The lowest BCUT2D eigenvalue weighted by atomic mass is 9.71. The summed E-state index contributed by atoms with van der Waals surface area (Å²) in [6, 6.07) is 0. The van der Waals surface area contributed by atoms with Crippen LogP contribution >= 0.6 is 11.6 Å². The molecule has 0 unspecified atom stereocenters. The maximum absolute atomic E-state index is 5.86. The van der Waals surface area contributed by atoms with Gasteiger partial charge in [0, 0.05) is 17.9 Å². The molecule has 0 aromatic rings. The Kier molecular flexibility index (Phi) is 3.67. The van der Waals surface area contributed by atoms with Gasteiger partial charge >= 0.3 is 0 Å². The predicted molar refractivity (Wildman–Crippen MR) is 48.1 cm³/mol. The van der Waals surface area contributed by atoms with E-state index >= 15 is 0 Å². The molecule has 0 atom stereocenters. The van der Waals surface area contributed by atoms with E-state index in [1.54, 1.807) is 0 Å². The van der Waals surface area contributed by atoms with Gasteiger partial charge in [0.1, 0.15) is 0 Å². The summed E-state index contributed by atoms with van der Waals surface area (Å²) in [5, 5.41) is 0. The second-order valence-corrected chi connectivity index (χ2v) is 3.81. The van der Waals surface area contributed by atoms with E-state index in [0.717, 1.165) is 25.5 Å². The minimum Gasteiger partial charge on any atom is -0.381 e. The highest BCUT2D eigenvalue weighted by Crippen LogP contribution is 2.41. The molecule has 1 saturated carbocycles. The average molecular weight is 177 g/mol. The second kappa shape index (κ2) is 4.32. The minimum atomic E-state index is 0.358. The minimum absolute atomic E-state index is 0.358. The lowest BCUT2D eigenvalue weighted by Gasteiger charge is -2.39. The van der Waals surface area contributed by atoms with Gasteiger partial charge in [-0.25, -0.2) is 0 Å². The van der Waals surface area contributed by atoms with Crippen LogP contribution in [-0.2, 0) is 4.74 Å². The molecular weight excluding hydrogens is 160 g/mol. The molecule has 0 saturated heterocycles. The molecule has 0 radical (unpaired) electrons. The summed E-state index contributed by atoms with van der Waals surface area (Å²) in [5.41, 5.74) is 0.358. The van der Waals surface area contributed by atoms with Crippen LogP contribution in [0.25, 0.3) is 0 Å². The van der Waals surface area contributed by atoms with Gasteiger partial charge in [-0.2, -0.15) is 0 Å². The lowest BCUT2D eigenvalue weighted by Crippen LogP contribution is -2.36. The fraction of sp³-hybridized carbons (Fsp3) is 1.00. The third-order valence-corrected chi connectivity index (χ3v) is 3.02. The molecule has 0 N–H and O–H groups in total. The van der Waals surface area contributed by atoms with E-state index in [2.05, 4.69) is 6.92 Å². The van der Waals surface area contributed by atoms with Crippen molar-refractivity contribution in [2.24, 2.45) is 5.41 Å². The molecule has 1 fully saturated rings. The lowest BCUT2D eigenvalue weighted by molar-refractivity contribution is 0.00956. The quantitative estimate of drug-likeness (QED) is 0.463. The van der Waals surface area contributed by atoms with Crippen molar-refractivity contribution in [2.45, 2.75) is 32.6 Å². The van der Waals surface area contributed by atoms with Crippen molar-refractivity contribution in [1.82, 2.24) is 0 Å². The first kappa shape index (κ1) is 9.34. The van der Waals surface area contributed by atoms with Gasteiger partial charge in [0.15, 0.2) is 0 Å². The molecule has 0 heterocycles. The number of hydrogen-bond acceptors (Lipinski definition) is 1. The smallest absolute Gasteiger partial charge is 0.0533 e. The molecule has 1 aliphatic carbocycles. The van der Waals surface area contributed by atoms with Crippen LogP contribution in [0.2, 0.25) is 0 Å². The molecule has 0 bridgehead atoms. The van der Waals surface area contributed by atoms with E-state index in [4.69, 9.17) is 16.3 Å². The molecule has 1 rings (SSSR count). The SMILES string of the molecule is CCCOCC1(CCl)CCC1. The van der Waals surface area contributed by atoms with Gasteiger partial charge in [-0.1, -0.05) is 13.3 Å². The second-order valence-electron chi connectivity index (χ2n) is 3.54. The molecule has 11 heavy (non-hydrogen) atoms. The van der Waals surface area contributed by atoms with E-state index in [-0.39, 0.29) is 0 Å². The van der Waals surface area contributed by atoms with Crippen molar-refractivity contribution in [3.05, 3.63) is 0 Å². The van der Waals surface area contributed by atoms with E-state index in [1.807, 2.05) is 0 Å². The van der Waals surface area contributed by atoms with Crippen LogP contribution in [-0.4, -0.2) is 19.1 Å². The zero-order valence-corrected chi connectivity index (χ0v) is 7.99. The molecule has 0 aliphatic heterocycles. The van der Waals surface area contributed by atoms with Gasteiger partial charge in [-0.15, -0.1) is 11.6 Å². The molecule has 66 valence electrons. The number of ether oxygens (including phenoxy) is 1. The Bertz CT molecular complexity index is 105. The summed E-state index contributed by atoms with van der Waals surface area (Å²) in [5.74, 6) is 0.775. The average Bonchev–Trinajstić information content (AvgIpc) is 1.95. The van der Waals surface area contributed by atoms with Crippen LogP contribution in [0.15, 0.2) is 0 Å². The van der Waals surface area contributed by atoms with Crippen LogP contribution in [0, 0.1) is 5.41 Å². The summed E-state index contributed by atoms with van der Waals surface area (Å²) in [4.78, 5) is 0. The summed E-state index contributed by atoms with van der Waals surface area (Å²) in [6.45, 7) is 3.90. The maximum Gasteiger partial charge on any atom is 0.0533 e. The normalized spacial score (nSPS) is 21.3. The summed E-state index contributed by atoms with van der Waals surface area (Å²) in [7, 11) is 0. The van der Waals surface area contributed by atoms with E-state index in [1.165, 1.54) is 19.3 Å². The fourth-order valence-corrected chi connectivity index (χ4v) is 1.77. The monoisotopic (exact) mass is 176 g/mol. The highest BCUT2D eigenvalue weighted by molar-refractivity contribution is 6.18. The molecule has 0 aromatic carbocycles. The van der Waals surface area contributed by atoms with E-state index < -0.39 is 0 Å². The standard InChI is InChI=1S/C9H17ClO/c1-2-6-11-8-9(7-10)4-3-5-9/h2-8H2,1H3. The van der Waals surface area contributed by atoms with Gasteiger partial charge in [-0.3, -0.25) is 0 Å².